The molecule has 2 aromatic rings. The fraction of sp³-hybridized carbons (Fsp3) is 0.400. The Labute approximate surface area is 177 Å². The molecule has 2 amide bonds. The molecule has 9 nitrogen and oxygen atoms in total. The van der Waals surface area contributed by atoms with Gasteiger partial charge in [0.2, 0.25) is 0 Å². The van der Waals surface area contributed by atoms with Crippen LogP contribution in [0.4, 0.5) is 21.2 Å². The number of benzene rings is 1. The number of nitrogens with zero attached hydrogens (tertiary/aromatic N) is 2. The molecule has 1 aliphatic rings. The zero-order valence-electron chi connectivity index (χ0n) is 16.8. The van der Waals surface area contributed by atoms with Crippen LogP contribution < -0.4 is 10.2 Å². The molecule has 1 aromatic heterocycles. The Balaban J connectivity index is 1.85. The molecule has 30 heavy (non-hydrogen) atoms. The fourth-order valence-electron chi connectivity index (χ4n) is 3.26. The molecule has 2 heterocycles. The SMILES string of the molecule is CCOC(=O)c1csc(NC(=O)N(c2ccc([N+](=O)[O-])cc2)C2CCCOC2)c1C. The van der Waals surface area contributed by atoms with Crippen molar-refractivity contribution in [3.8, 4) is 0 Å². The average Bonchev–Trinajstić information content (AvgIpc) is 3.10. The molecule has 1 saturated heterocycles. The van der Waals surface area contributed by atoms with Gasteiger partial charge in [-0.05, 0) is 44.4 Å². The number of nitrogens with one attached hydrogen (secondary N) is 1. The fourth-order valence-corrected chi connectivity index (χ4v) is 4.21. The first-order valence-electron chi connectivity index (χ1n) is 9.60. The largest absolute Gasteiger partial charge is 0.462 e. The summed E-state index contributed by atoms with van der Waals surface area (Å²) in [7, 11) is 0. The van der Waals surface area contributed by atoms with Crippen molar-refractivity contribution in [1.82, 2.24) is 0 Å². The molecule has 1 aromatic carbocycles. The summed E-state index contributed by atoms with van der Waals surface area (Å²) < 4.78 is 10.6. The van der Waals surface area contributed by atoms with E-state index in [0.717, 1.165) is 12.8 Å². The summed E-state index contributed by atoms with van der Waals surface area (Å²) in [6.07, 6.45) is 1.56. The second kappa shape index (κ2) is 9.68. The average molecular weight is 433 g/mol. The summed E-state index contributed by atoms with van der Waals surface area (Å²) in [4.78, 5) is 37.3. The third kappa shape index (κ3) is 4.77. The van der Waals surface area contributed by atoms with Crippen molar-refractivity contribution in [2.24, 2.45) is 0 Å². The number of rotatable bonds is 6. The zero-order valence-corrected chi connectivity index (χ0v) is 17.6. The second-order valence-electron chi connectivity index (χ2n) is 6.77. The van der Waals surface area contributed by atoms with Crippen LogP contribution in [-0.2, 0) is 9.47 Å². The van der Waals surface area contributed by atoms with E-state index in [0.29, 0.717) is 35.0 Å². The van der Waals surface area contributed by atoms with Gasteiger partial charge in [-0.1, -0.05) is 0 Å². The molecule has 1 fully saturated rings. The summed E-state index contributed by atoms with van der Waals surface area (Å²) in [6, 6.07) is 5.25. The Hall–Kier alpha value is -2.98. The number of non-ortho nitro benzene ring substituents is 1. The highest BCUT2D eigenvalue weighted by molar-refractivity contribution is 7.14. The van der Waals surface area contributed by atoms with E-state index in [9.17, 15) is 19.7 Å². The third-order valence-electron chi connectivity index (χ3n) is 4.81. The van der Waals surface area contributed by atoms with Gasteiger partial charge in [0.15, 0.2) is 0 Å². The summed E-state index contributed by atoms with van der Waals surface area (Å²) in [5.41, 5.74) is 1.54. The number of nitro benzene ring substituents is 1. The van der Waals surface area contributed by atoms with Crippen LogP contribution in [0.25, 0.3) is 0 Å². The number of ether oxygens (including phenoxy) is 2. The molecule has 10 heteroatoms. The second-order valence-corrected chi connectivity index (χ2v) is 7.65. The molecule has 0 radical (unpaired) electrons. The van der Waals surface area contributed by atoms with E-state index in [1.807, 2.05) is 0 Å². The number of nitro groups is 1. The molecule has 0 spiro atoms. The van der Waals surface area contributed by atoms with Gasteiger partial charge in [0.1, 0.15) is 5.00 Å². The lowest BCUT2D eigenvalue weighted by molar-refractivity contribution is -0.384. The van der Waals surface area contributed by atoms with E-state index < -0.39 is 10.9 Å². The number of thiophene rings is 1. The van der Waals surface area contributed by atoms with Gasteiger partial charge in [-0.2, -0.15) is 0 Å². The summed E-state index contributed by atoms with van der Waals surface area (Å²) in [5, 5.41) is 16.0. The number of urea groups is 1. The molecule has 3 rings (SSSR count). The maximum absolute atomic E-state index is 13.2. The Kier molecular flexibility index (Phi) is 7.01. The minimum atomic E-state index is -0.482. The molecule has 1 atom stereocenters. The molecule has 1 unspecified atom stereocenters. The molecule has 1 N–H and O–H groups in total. The van der Waals surface area contributed by atoms with Gasteiger partial charge in [-0.25, -0.2) is 9.59 Å². The lowest BCUT2D eigenvalue weighted by atomic mass is 10.1. The molecule has 0 aliphatic carbocycles. The van der Waals surface area contributed by atoms with Crippen molar-refractivity contribution in [3.63, 3.8) is 0 Å². The normalized spacial score (nSPS) is 16.0. The van der Waals surface area contributed by atoms with Crippen molar-refractivity contribution in [2.75, 3.05) is 30.0 Å². The Bertz CT molecular complexity index is 921. The van der Waals surface area contributed by atoms with Crippen molar-refractivity contribution < 1.29 is 24.0 Å². The van der Waals surface area contributed by atoms with Gasteiger partial charge in [-0.3, -0.25) is 20.3 Å². The van der Waals surface area contributed by atoms with Crippen molar-refractivity contribution in [3.05, 3.63) is 50.9 Å². The van der Waals surface area contributed by atoms with Crippen LogP contribution in [0, 0.1) is 17.0 Å². The van der Waals surface area contributed by atoms with Gasteiger partial charge >= 0.3 is 12.0 Å². The number of esters is 1. The number of carbonyl (C=O) groups is 2. The van der Waals surface area contributed by atoms with Crippen LogP contribution in [0.2, 0.25) is 0 Å². The monoisotopic (exact) mass is 433 g/mol. The minimum Gasteiger partial charge on any atom is -0.462 e. The lowest BCUT2D eigenvalue weighted by Gasteiger charge is -2.34. The van der Waals surface area contributed by atoms with Crippen LogP contribution in [0.1, 0.15) is 35.7 Å². The summed E-state index contributed by atoms with van der Waals surface area (Å²) in [5.74, 6) is -0.431. The molecule has 0 bridgehead atoms. The van der Waals surface area contributed by atoms with E-state index in [2.05, 4.69) is 5.32 Å². The molecule has 1 aliphatic heterocycles. The van der Waals surface area contributed by atoms with Gasteiger partial charge in [0.25, 0.3) is 5.69 Å². The van der Waals surface area contributed by atoms with Crippen LogP contribution in [0.5, 0.6) is 0 Å². The molecular formula is C20H23N3O6S. The summed E-state index contributed by atoms with van der Waals surface area (Å²) >= 11 is 1.24. The first kappa shape index (κ1) is 21.7. The van der Waals surface area contributed by atoms with Crippen molar-refractivity contribution in [1.29, 1.82) is 0 Å². The number of hydrogen-bond acceptors (Lipinski definition) is 7. The van der Waals surface area contributed by atoms with Gasteiger partial charge in [0, 0.05) is 29.8 Å². The topological polar surface area (TPSA) is 111 Å². The van der Waals surface area contributed by atoms with E-state index in [4.69, 9.17) is 9.47 Å². The van der Waals surface area contributed by atoms with Gasteiger partial charge in [-0.15, -0.1) is 11.3 Å². The molecule has 0 saturated carbocycles. The number of anilines is 2. The third-order valence-corrected chi connectivity index (χ3v) is 5.81. The highest BCUT2D eigenvalue weighted by Gasteiger charge is 2.29. The van der Waals surface area contributed by atoms with Crippen LogP contribution in [0.3, 0.4) is 0 Å². The number of carbonyl (C=O) groups excluding carboxylic acids is 2. The standard InChI is InChI=1S/C20H23N3O6S/c1-3-29-19(24)17-12-30-18(13(17)2)21-20(25)22(16-5-4-10-28-11-16)14-6-8-15(9-7-14)23(26)27/h6-9,12,16H,3-5,10-11H2,1-2H3,(H,21,25). The van der Waals surface area contributed by atoms with E-state index >= 15 is 0 Å². The minimum absolute atomic E-state index is 0.0489. The number of hydrogen-bond donors (Lipinski definition) is 1. The predicted molar refractivity (Wildman–Crippen MR) is 113 cm³/mol. The lowest BCUT2D eigenvalue weighted by Crippen LogP contribution is -2.47. The highest BCUT2D eigenvalue weighted by Crippen LogP contribution is 2.30. The molecule has 160 valence electrons. The van der Waals surface area contributed by atoms with Gasteiger partial charge in [0.05, 0.1) is 29.7 Å². The van der Waals surface area contributed by atoms with Crippen LogP contribution >= 0.6 is 11.3 Å². The summed E-state index contributed by atoms with van der Waals surface area (Å²) in [6.45, 7) is 4.77. The first-order valence-corrected chi connectivity index (χ1v) is 10.5. The molecular weight excluding hydrogens is 410 g/mol. The maximum Gasteiger partial charge on any atom is 0.339 e. The number of amides is 2. The van der Waals surface area contributed by atoms with Crippen LogP contribution in [0.15, 0.2) is 29.6 Å². The quantitative estimate of drug-likeness (QED) is 0.412. The Morgan fingerprint density at radius 2 is 2.10 bits per heavy atom. The smallest absolute Gasteiger partial charge is 0.339 e. The Morgan fingerprint density at radius 3 is 2.70 bits per heavy atom. The highest BCUT2D eigenvalue weighted by atomic mass is 32.1. The van der Waals surface area contributed by atoms with Crippen LogP contribution in [-0.4, -0.2) is 42.8 Å². The van der Waals surface area contributed by atoms with Crippen molar-refractivity contribution in [2.45, 2.75) is 32.7 Å². The van der Waals surface area contributed by atoms with E-state index in [-0.39, 0.29) is 24.4 Å². The van der Waals surface area contributed by atoms with Gasteiger partial charge < -0.3 is 9.47 Å². The predicted octanol–water partition coefficient (Wildman–Crippen LogP) is 4.36. The van der Waals surface area contributed by atoms with E-state index in [1.165, 1.54) is 23.5 Å². The first-order chi connectivity index (χ1) is 14.4. The van der Waals surface area contributed by atoms with E-state index in [1.54, 1.807) is 36.3 Å². The van der Waals surface area contributed by atoms with Crippen molar-refractivity contribution >= 4 is 39.7 Å². The zero-order chi connectivity index (χ0) is 21.7. The maximum atomic E-state index is 13.2. The Morgan fingerprint density at radius 1 is 1.37 bits per heavy atom.